The van der Waals surface area contributed by atoms with Gasteiger partial charge in [-0.1, -0.05) is 19.1 Å². The van der Waals surface area contributed by atoms with Crippen LogP contribution in [-0.4, -0.2) is 27.0 Å². The van der Waals surface area contributed by atoms with Crippen molar-refractivity contribution in [3.8, 4) is 0 Å². The Balaban J connectivity index is 1.41. The number of benzene rings is 3. The Hall–Kier alpha value is -4.11. The summed E-state index contributed by atoms with van der Waals surface area (Å²) in [5.41, 5.74) is 2.49. The molecular formula is C25H22N4O4S. The summed E-state index contributed by atoms with van der Waals surface area (Å²) in [6.45, 7) is 1.95. The third-order valence-electron chi connectivity index (χ3n) is 5.20. The van der Waals surface area contributed by atoms with Crippen LogP contribution in [0.25, 0.3) is 10.9 Å². The van der Waals surface area contributed by atoms with Gasteiger partial charge in [0.25, 0.3) is 11.6 Å². The number of aromatic nitrogens is 1. The quantitative estimate of drug-likeness (QED) is 0.169. The highest BCUT2D eigenvalue weighted by molar-refractivity contribution is 8.00. The summed E-state index contributed by atoms with van der Waals surface area (Å²) in [6, 6.07) is 20.3. The first-order valence-corrected chi connectivity index (χ1v) is 11.5. The number of anilines is 2. The van der Waals surface area contributed by atoms with E-state index in [4.69, 9.17) is 0 Å². The molecule has 0 saturated carbocycles. The molecule has 0 spiro atoms. The molecule has 4 rings (SSSR count). The Morgan fingerprint density at radius 3 is 2.50 bits per heavy atom. The fourth-order valence-corrected chi connectivity index (χ4v) is 4.43. The van der Waals surface area contributed by atoms with Crippen LogP contribution in [0, 0.1) is 10.1 Å². The van der Waals surface area contributed by atoms with Gasteiger partial charge in [0.1, 0.15) is 0 Å². The van der Waals surface area contributed by atoms with E-state index in [9.17, 15) is 19.7 Å². The molecule has 9 heteroatoms. The van der Waals surface area contributed by atoms with Gasteiger partial charge < -0.3 is 15.6 Å². The van der Waals surface area contributed by atoms with Gasteiger partial charge in [-0.05, 0) is 60.3 Å². The number of amides is 2. The van der Waals surface area contributed by atoms with Crippen molar-refractivity contribution in [1.29, 1.82) is 0 Å². The summed E-state index contributed by atoms with van der Waals surface area (Å²) in [5, 5.41) is 17.3. The zero-order chi connectivity index (χ0) is 24.1. The first kappa shape index (κ1) is 23.1. The minimum atomic E-state index is -0.513. The zero-order valence-electron chi connectivity index (χ0n) is 18.3. The summed E-state index contributed by atoms with van der Waals surface area (Å²) in [7, 11) is 0. The van der Waals surface area contributed by atoms with Crippen molar-refractivity contribution in [2.75, 3.05) is 10.6 Å². The largest absolute Gasteiger partial charge is 0.361 e. The number of thioether (sulfide) groups is 1. The van der Waals surface area contributed by atoms with Crippen LogP contribution in [0.5, 0.6) is 0 Å². The highest BCUT2D eigenvalue weighted by Crippen LogP contribution is 2.29. The number of H-pyrrole nitrogens is 1. The molecular weight excluding hydrogens is 452 g/mol. The molecule has 1 aromatic heterocycles. The summed E-state index contributed by atoms with van der Waals surface area (Å²) in [4.78, 5) is 39.6. The van der Waals surface area contributed by atoms with Gasteiger partial charge >= 0.3 is 0 Å². The van der Waals surface area contributed by atoms with Crippen molar-refractivity contribution >= 4 is 51.5 Å². The summed E-state index contributed by atoms with van der Waals surface area (Å²) in [5.74, 6) is -0.472. The lowest BCUT2D eigenvalue weighted by Crippen LogP contribution is -2.24. The van der Waals surface area contributed by atoms with Crippen molar-refractivity contribution in [2.24, 2.45) is 0 Å². The maximum absolute atomic E-state index is 12.9. The molecule has 0 aliphatic heterocycles. The van der Waals surface area contributed by atoms with E-state index in [1.165, 1.54) is 36.0 Å². The SMILES string of the molecule is CCC(Sc1cccc(NC(=O)c2ccc([N+](=O)[O-])cc2)c1)C(=O)Nc1ccc2cc[nH]c2c1. The smallest absolute Gasteiger partial charge is 0.269 e. The van der Waals surface area contributed by atoms with Crippen LogP contribution >= 0.6 is 11.8 Å². The van der Waals surface area contributed by atoms with Crippen molar-refractivity contribution in [1.82, 2.24) is 4.98 Å². The van der Waals surface area contributed by atoms with Crippen molar-refractivity contribution in [3.05, 3.63) is 94.7 Å². The Bertz CT molecular complexity index is 1350. The van der Waals surface area contributed by atoms with Crippen LogP contribution in [0.15, 0.2) is 83.9 Å². The molecule has 1 atom stereocenters. The van der Waals surface area contributed by atoms with E-state index in [0.717, 1.165) is 21.5 Å². The van der Waals surface area contributed by atoms with Crippen molar-refractivity contribution in [2.45, 2.75) is 23.5 Å². The van der Waals surface area contributed by atoms with Gasteiger partial charge in [0, 0.05) is 45.7 Å². The van der Waals surface area contributed by atoms with Crippen LogP contribution < -0.4 is 10.6 Å². The van der Waals surface area contributed by atoms with E-state index in [1.54, 1.807) is 18.2 Å². The number of fused-ring (bicyclic) bond motifs is 1. The molecule has 0 saturated heterocycles. The Labute approximate surface area is 199 Å². The molecule has 0 aliphatic rings. The maximum Gasteiger partial charge on any atom is 0.269 e. The summed E-state index contributed by atoms with van der Waals surface area (Å²) >= 11 is 1.42. The standard InChI is InChI=1S/C25H22N4O4S/c1-2-23(25(31)28-19-9-6-16-12-13-26-22(16)15-19)34-21-5-3-4-18(14-21)27-24(30)17-7-10-20(11-8-17)29(32)33/h3-15,23,26H,2H2,1H3,(H,27,30)(H,28,31). The van der Waals surface area contributed by atoms with E-state index >= 15 is 0 Å². The molecule has 0 aliphatic carbocycles. The second-order valence-electron chi connectivity index (χ2n) is 7.57. The van der Waals surface area contributed by atoms with Gasteiger partial charge in [0.05, 0.1) is 10.2 Å². The third-order valence-corrected chi connectivity index (χ3v) is 6.55. The van der Waals surface area contributed by atoms with Crippen LogP contribution in [0.4, 0.5) is 17.1 Å². The fourth-order valence-electron chi connectivity index (χ4n) is 3.42. The summed E-state index contributed by atoms with van der Waals surface area (Å²) in [6.07, 6.45) is 2.48. The number of non-ortho nitro benzene ring substituents is 1. The highest BCUT2D eigenvalue weighted by atomic mass is 32.2. The number of rotatable bonds is 8. The Kier molecular flexibility index (Phi) is 6.93. The van der Waals surface area contributed by atoms with E-state index in [-0.39, 0.29) is 22.8 Å². The number of carbonyl (C=O) groups excluding carboxylic acids is 2. The van der Waals surface area contributed by atoms with Gasteiger partial charge in [-0.25, -0.2) is 0 Å². The third kappa shape index (κ3) is 5.44. The van der Waals surface area contributed by atoms with Crippen LogP contribution in [0.3, 0.4) is 0 Å². The molecule has 8 nitrogen and oxygen atoms in total. The molecule has 4 aromatic rings. The number of hydrogen-bond acceptors (Lipinski definition) is 5. The van der Waals surface area contributed by atoms with Gasteiger partial charge in [0.2, 0.25) is 5.91 Å². The lowest BCUT2D eigenvalue weighted by atomic mass is 10.2. The first-order chi connectivity index (χ1) is 16.4. The van der Waals surface area contributed by atoms with Crippen molar-refractivity contribution < 1.29 is 14.5 Å². The molecule has 34 heavy (non-hydrogen) atoms. The molecule has 1 unspecified atom stereocenters. The lowest BCUT2D eigenvalue weighted by Gasteiger charge is -2.15. The van der Waals surface area contributed by atoms with E-state index in [1.807, 2.05) is 43.5 Å². The number of nitro groups is 1. The number of carbonyl (C=O) groups is 2. The lowest BCUT2D eigenvalue weighted by molar-refractivity contribution is -0.384. The van der Waals surface area contributed by atoms with Crippen LogP contribution in [0.1, 0.15) is 23.7 Å². The molecule has 1 heterocycles. The minimum Gasteiger partial charge on any atom is -0.361 e. The van der Waals surface area contributed by atoms with Gasteiger partial charge in [-0.3, -0.25) is 19.7 Å². The van der Waals surface area contributed by atoms with E-state index < -0.39 is 4.92 Å². The monoisotopic (exact) mass is 474 g/mol. The molecule has 0 bridgehead atoms. The number of nitrogens with zero attached hydrogens (tertiary/aromatic N) is 1. The molecule has 0 fully saturated rings. The predicted molar refractivity (Wildman–Crippen MR) is 134 cm³/mol. The predicted octanol–water partition coefficient (Wildman–Crippen LogP) is 5.84. The highest BCUT2D eigenvalue weighted by Gasteiger charge is 2.19. The molecule has 2 amide bonds. The van der Waals surface area contributed by atoms with E-state index in [2.05, 4.69) is 15.6 Å². The molecule has 172 valence electrons. The number of aromatic amines is 1. The normalized spacial score (nSPS) is 11.7. The van der Waals surface area contributed by atoms with Gasteiger partial charge in [-0.2, -0.15) is 0 Å². The minimum absolute atomic E-state index is 0.0772. The number of nitro benzene ring substituents is 1. The average Bonchev–Trinajstić information content (AvgIpc) is 3.30. The number of hydrogen-bond donors (Lipinski definition) is 3. The molecule has 0 radical (unpaired) electrons. The summed E-state index contributed by atoms with van der Waals surface area (Å²) < 4.78 is 0. The van der Waals surface area contributed by atoms with Gasteiger partial charge in [-0.15, -0.1) is 11.8 Å². The Morgan fingerprint density at radius 1 is 1.00 bits per heavy atom. The fraction of sp³-hybridized carbons (Fsp3) is 0.120. The number of nitrogens with one attached hydrogen (secondary N) is 3. The zero-order valence-corrected chi connectivity index (χ0v) is 19.1. The molecule has 3 N–H and O–H groups in total. The second-order valence-corrected chi connectivity index (χ2v) is 8.85. The second kappa shape index (κ2) is 10.2. The molecule has 3 aromatic carbocycles. The first-order valence-electron chi connectivity index (χ1n) is 10.6. The maximum atomic E-state index is 12.9. The van der Waals surface area contributed by atoms with Crippen molar-refractivity contribution in [3.63, 3.8) is 0 Å². The van der Waals surface area contributed by atoms with Crippen LogP contribution in [-0.2, 0) is 4.79 Å². The van der Waals surface area contributed by atoms with Crippen LogP contribution in [0.2, 0.25) is 0 Å². The van der Waals surface area contributed by atoms with E-state index in [0.29, 0.717) is 17.7 Å². The average molecular weight is 475 g/mol. The van der Waals surface area contributed by atoms with Gasteiger partial charge in [0.15, 0.2) is 0 Å². The Morgan fingerprint density at radius 2 is 1.76 bits per heavy atom. The topological polar surface area (TPSA) is 117 Å².